The highest BCUT2D eigenvalue weighted by Gasteiger charge is 2.45. The molecular formula is C26H25F3N4O2. The summed E-state index contributed by atoms with van der Waals surface area (Å²) in [4.78, 5) is 30.6. The Hall–Kier alpha value is -3.46. The number of hydrogen-bond acceptors (Lipinski definition) is 4. The molecule has 0 radical (unpaired) electrons. The summed E-state index contributed by atoms with van der Waals surface area (Å²) >= 11 is 0. The lowest BCUT2D eigenvalue weighted by atomic mass is 9.89. The Morgan fingerprint density at radius 2 is 1.86 bits per heavy atom. The van der Waals surface area contributed by atoms with Crippen LogP contribution in [-0.2, 0) is 6.18 Å². The molecule has 2 aliphatic heterocycles. The summed E-state index contributed by atoms with van der Waals surface area (Å²) in [6.07, 6.45) is -3.78. The second-order valence-corrected chi connectivity index (χ2v) is 9.42. The number of likely N-dealkylation sites (tertiary alicyclic amines) is 1. The second kappa shape index (κ2) is 8.34. The fraction of sp³-hybridized carbons (Fsp3) is 0.346. The molecule has 1 saturated heterocycles. The van der Waals surface area contributed by atoms with Crippen molar-refractivity contribution in [2.45, 2.75) is 38.4 Å². The first-order valence-corrected chi connectivity index (χ1v) is 11.5. The summed E-state index contributed by atoms with van der Waals surface area (Å²) < 4.78 is 41.0. The number of carbonyl (C=O) groups is 1. The maximum Gasteiger partial charge on any atom is 0.416 e. The third-order valence-electron chi connectivity index (χ3n) is 6.90. The number of likely N-dealkylation sites (N-methyl/N-ethyl adjacent to an activating group) is 1. The van der Waals surface area contributed by atoms with E-state index in [0.717, 1.165) is 48.5 Å². The zero-order chi connectivity index (χ0) is 25.1. The van der Waals surface area contributed by atoms with E-state index in [1.165, 1.54) is 22.9 Å². The largest absolute Gasteiger partial charge is 0.416 e. The number of benzene rings is 2. The smallest absolute Gasteiger partial charge is 0.306 e. The highest BCUT2D eigenvalue weighted by molar-refractivity contribution is 6.06. The summed E-state index contributed by atoms with van der Waals surface area (Å²) in [5.41, 5.74) is 1.69. The molecule has 1 aromatic heterocycles. The Morgan fingerprint density at radius 3 is 2.60 bits per heavy atom. The Balaban J connectivity index is 1.60. The van der Waals surface area contributed by atoms with Crippen molar-refractivity contribution < 1.29 is 18.0 Å². The van der Waals surface area contributed by atoms with Crippen LogP contribution in [0.15, 0.2) is 53.3 Å². The van der Waals surface area contributed by atoms with Crippen LogP contribution in [0.4, 0.5) is 18.9 Å². The van der Waals surface area contributed by atoms with E-state index in [1.807, 2.05) is 26.1 Å². The van der Waals surface area contributed by atoms with Crippen molar-refractivity contribution in [2.24, 2.45) is 0 Å². The van der Waals surface area contributed by atoms with E-state index in [1.54, 1.807) is 11.8 Å². The summed E-state index contributed by atoms with van der Waals surface area (Å²) in [7, 11) is 2.05. The minimum Gasteiger partial charge on any atom is -0.306 e. The first kappa shape index (κ1) is 23.3. The van der Waals surface area contributed by atoms with Gasteiger partial charge >= 0.3 is 6.18 Å². The maximum atomic E-state index is 13.8. The van der Waals surface area contributed by atoms with E-state index >= 15 is 0 Å². The van der Waals surface area contributed by atoms with Gasteiger partial charge in [0.15, 0.2) is 5.69 Å². The lowest BCUT2D eigenvalue weighted by Gasteiger charge is -2.36. The molecule has 3 aromatic rings. The van der Waals surface area contributed by atoms with Gasteiger partial charge in [-0.05, 0) is 63.7 Å². The number of carbonyl (C=O) groups excluding carboxylic acids is 1. The molecule has 6 nitrogen and oxygen atoms in total. The van der Waals surface area contributed by atoms with Gasteiger partial charge in [-0.25, -0.2) is 4.68 Å². The number of amides is 1. The molecule has 182 valence electrons. The Bertz CT molecular complexity index is 1380. The minimum absolute atomic E-state index is 0.111. The molecule has 1 amide bonds. The summed E-state index contributed by atoms with van der Waals surface area (Å²) in [6.45, 7) is 5.18. The van der Waals surface area contributed by atoms with E-state index < -0.39 is 23.1 Å². The minimum atomic E-state index is -4.53. The van der Waals surface area contributed by atoms with Crippen LogP contribution < -0.4 is 10.3 Å². The van der Waals surface area contributed by atoms with Crippen LogP contribution >= 0.6 is 0 Å². The van der Waals surface area contributed by atoms with Gasteiger partial charge in [0, 0.05) is 36.0 Å². The van der Waals surface area contributed by atoms with Crippen molar-refractivity contribution in [3.63, 3.8) is 0 Å². The number of anilines is 1. The van der Waals surface area contributed by atoms with Gasteiger partial charge in [0.25, 0.3) is 5.91 Å². The topological polar surface area (TPSA) is 58.4 Å². The number of fused-ring (bicyclic) bond motifs is 3. The van der Waals surface area contributed by atoms with Gasteiger partial charge in [0.1, 0.15) is 0 Å². The molecule has 5 rings (SSSR count). The normalized spacial score (nSPS) is 20.0. The van der Waals surface area contributed by atoms with E-state index in [9.17, 15) is 22.8 Å². The second-order valence-electron chi connectivity index (χ2n) is 9.42. The van der Waals surface area contributed by atoms with Gasteiger partial charge in [0.05, 0.1) is 11.3 Å². The van der Waals surface area contributed by atoms with Crippen LogP contribution in [0.2, 0.25) is 0 Å². The summed E-state index contributed by atoms with van der Waals surface area (Å²) in [6, 6.07) is 11.7. The van der Waals surface area contributed by atoms with Crippen LogP contribution in [0, 0.1) is 13.8 Å². The molecule has 9 heteroatoms. The Labute approximate surface area is 200 Å². The Kier molecular flexibility index (Phi) is 5.55. The number of aryl methyl sites for hydroxylation is 2. The standard InChI is InChI=1S/C26H25F3N4O2/c1-15-7-8-21-19(11-15)20-14-31(3)10-9-22(20)32(21)25(35)24-23(34)12-16(2)33(30-24)18-6-4-5-17(13-18)26(27,28)29/h4-8,11-13,20,22H,9-10,14H2,1-3H3/t20-,22+/m0/s1. The van der Waals surface area contributed by atoms with Crippen molar-refractivity contribution >= 4 is 11.6 Å². The summed E-state index contributed by atoms with van der Waals surface area (Å²) in [5.74, 6) is -0.415. The number of aromatic nitrogens is 2. The number of alkyl halides is 3. The molecule has 0 N–H and O–H groups in total. The van der Waals surface area contributed by atoms with Crippen molar-refractivity contribution in [3.8, 4) is 5.69 Å². The van der Waals surface area contributed by atoms with Crippen LogP contribution in [-0.4, -0.2) is 46.8 Å². The molecule has 35 heavy (non-hydrogen) atoms. The highest BCUT2D eigenvalue weighted by atomic mass is 19.4. The van der Waals surface area contributed by atoms with E-state index in [0.29, 0.717) is 5.69 Å². The zero-order valence-corrected chi connectivity index (χ0v) is 19.6. The predicted octanol–water partition coefficient (Wildman–Crippen LogP) is 4.32. The van der Waals surface area contributed by atoms with Gasteiger partial charge in [-0.15, -0.1) is 0 Å². The number of hydrogen-bond donors (Lipinski definition) is 0. The summed E-state index contributed by atoms with van der Waals surface area (Å²) in [5, 5.41) is 4.29. The lowest BCUT2D eigenvalue weighted by molar-refractivity contribution is -0.137. The van der Waals surface area contributed by atoms with E-state index in [-0.39, 0.29) is 23.3 Å². The molecule has 0 spiro atoms. The fourth-order valence-corrected chi connectivity index (χ4v) is 5.23. The van der Waals surface area contributed by atoms with Crippen molar-refractivity contribution in [1.82, 2.24) is 14.7 Å². The van der Waals surface area contributed by atoms with Crippen LogP contribution in [0.5, 0.6) is 0 Å². The molecule has 1 fully saturated rings. The third-order valence-corrected chi connectivity index (χ3v) is 6.90. The third kappa shape index (κ3) is 4.03. The van der Waals surface area contributed by atoms with Crippen LogP contribution in [0.1, 0.15) is 45.2 Å². The molecule has 2 atom stereocenters. The monoisotopic (exact) mass is 482 g/mol. The molecular weight excluding hydrogens is 457 g/mol. The molecule has 0 aliphatic carbocycles. The van der Waals surface area contributed by atoms with E-state index in [4.69, 9.17) is 0 Å². The van der Waals surface area contributed by atoms with Gasteiger partial charge in [-0.3, -0.25) is 9.59 Å². The number of nitrogens with zero attached hydrogens (tertiary/aromatic N) is 4. The SMILES string of the molecule is Cc1ccc2c(c1)[C@@H]1CN(C)CC[C@H]1N2C(=O)c1nn(-c2cccc(C(F)(F)F)c2)c(C)cc1=O. The first-order chi connectivity index (χ1) is 16.5. The van der Waals surface area contributed by atoms with E-state index in [2.05, 4.69) is 16.1 Å². The average Bonchev–Trinajstić information content (AvgIpc) is 3.11. The molecule has 0 saturated carbocycles. The Morgan fingerprint density at radius 1 is 1.09 bits per heavy atom. The first-order valence-electron chi connectivity index (χ1n) is 11.5. The molecule has 3 heterocycles. The maximum absolute atomic E-state index is 13.8. The van der Waals surface area contributed by atoms with Crippen molar-refractivity contribution in [1.29, 1.82) is 0 Å². The van der Waals surface area contributed by atoms with Crippen molar-refractivity contribution in [3.05, 3.63) is 86.8 Å². The molecule has 2 aliphatic rings. The average molecular weight is 483 g/mol. The highest BCUT2D eigenvalue weighted by Crippen LogP contribution is 2.45. The van der Waals surface area contributed by atoms with Gasteiger partial charge in [-0.2, -0.15) is 18.3 Å². The zero-order valence-electron chi connectivity index (χ0n) is 19.6. The lowest BCUT2D eigenvalue weighted by Crippen LogP contribution is -2.48. The number of piperidine rings is 1. The molecule has 0 unspecified atom stereocenters. The van der Waals surface area contributed by atoms with Crippen LogP contribution in [0.3, 0.4) is 0 Å². The quantitative estimate of drug-likeness (QED) is 0.546. The van der Waals surface area contributed by atoms with Crippen molar-refractivity contribution in [2.75, 3.05) is 25.0 Å². The fourth-order valence-electron chi connectivity index (χ4n) is 5.23. The van der Waals surface area contributed by atoms with Crippen LogP contribution in [0.25, 0.3) is 5.69 Å². The molecule has 0 bridgehead atoms. The molecule has 2 aromatic carbocycles. The van der Waals surface area contributed by atoms with Gasteiger partial charge in [0.2, 0.25) is 5.43 Å². The van der Waals surface area contributed by atoms with Gasteiger partial charge in [-0.1, -0.05) is 23.8 Å². The van der Waals surface area contributed by atoms with Gasteiger partial charge < -0.3 is 9.80 Å². The predicted molar refractivity (Wildman–Crippen MR) is 126 cm³/mol. The number of rotatable bonds is 2. The number of halogens is 3.